The average molecular weight is 337 g/mol. The largest absolute Gasteiger partial charge is 0.492 e. The number of rotatable bonds is 5. The zero-order chi connectivity index (χ0) is 16.9. The monoisotopic (exact) mass is 337 g/mol. The van der Waals surface area contributed by atoms with Crippen LogP contribution in [-0.2, 0) is 17.8 Å². The number of benzene rings is 2. The van der Waals surface area contributed by atoms with Gasteiger partial charge in [0.2, 0.25) is 0 Å². The Bertz CT molecular complexity index is 665. The smallest absolute Gasteiger partial charge is 0.119 e. The van der Waals surface area contributed by atoms with E-state index in [0.29, 0.717) is 12.0 Å². The van der Waals surface area contributed by atoms with Gasteiger partial charge in [-0.15, -0.1) is 0 Å². The van der Waals surface area contributed by atoms with Gasteiger partial charge < -0.3 is 9.47 Å². The number of fused-ring (bicyclic) bond motifs is 1. The van der Waals surface area contributed by atoms with Crippen molar-refractivity contribution in [2.45, 2.75) is 32.0 Å². The molecule has 2 aromatic rings. The van der Waals surface area contributed by atoms with Gasteiger partial charge in [-0.3, -0.25) is 4.90 Å². The number of ether oxygens (including phenoxy) is 2. The Kier molecular flexibility index (Phi) is 5.34. The highest BCUT2D eigenvalue weighted by molar-refractivity contribution is 5.28. The minimum atomic E-state index is 0.401. The normalized spacial score (nSPS) is 21.7. The number of hydrogen-bond donors (Lipinski definition) is 0. The van der Waals surface area contributed by atoms with Crippen molar-refractivity contribution in [1.82, 2.24) is 4.90 Å². The van der Waals surface area contributed by atoms with Crippen molar-refractivity contribution in [3.05, 3.63) is 65.7 Å². The third kappa shape index (κ3) is 4.23. The molecule has 4 rings (SSSR count). The van der Waals surface area contributed by atoms with E-state index in [-0.39, 0.29) is 0 Å². The maximum atomic E-state index is 6.17. The first-order valence-corrected chi connectivity index (χ1v) is 9.47. The fourth-order valence-corrected chi connectivity index (χ4v) is 4.03. The zero-order valence-electron chi connectivity index (χ0n) is 14.8. The minimum absolute atomic E-state index is 0.401. The predicted octanol–water partition coefficient (Wildman–Crippen LogP) is 3.92. The quantitative estimate of drug-likeness (QED) is 0.825. The Morgan fingerprint density at radius 2 is 1.64 bits per heavy atom. The van der Waals surface area contributed by atoms with Crippen LogP contribution in [0.15, 0.2) is 54.6 Å². The van der Waals surface area contributed by atoms with Crippen LogP contribution in [0.5, 0.6) is 5.75 Å². The molecule has 25 heavy (non-hydrogen) atoms. The summed E-state index contributed by atoms with van der Waals surface area (Å²) in [7, 11) is 0. The summed E-state index contributed by atoms with van der Waals surface area (Å²) in [5.41, 5.74) is 2.85. The van der Waals surface area contributed by atoms with Gasteiger partial charge in [0.05, 0.1) is 12.7 Å². The van der Waals surface area contributed by atoms with Gasteiger partial charge in [0.15, 0.2) is 0 Å². The molecule has 0 N–H and O–H groups in total. The highest BCUT2D eigenvalue weighted by Crippen LogP contribution is 2.30. The molecule has 3 heteroatoms. The first-order valence-electron chi connectivity index (χ1n) is 9.47. The predicted molar refractivity (Wildman–Crippen MR) is 99.8 cm³/mol. The van der Waals surface area contributed by atoms with Crippen LogP contribution in [0.3, 0.4) is 0 Å². The summed E-state index contributed by atoms with van der Waals surface area (Å²) >= 11 is 0. The molecule has 0 bridgehead atoms. The fourth-order valence-electron chi connectivity index (χ4n) is 4.03. The third-order valence-electron chi connectivity index (χ3n) is 5.57. The molecule has 2 aliphatic heterocycles. The molecule has 1 atom stereocenters. The summed E-state index contributed by atoms with van der Waals surface area (Å²) in [5, 5.41) is 0. The number of nitrogens with zero attached hydrogens (tertiary/aromatic N) is 1. The molecule has 132 valence electrons. The van der Waals surface area contributed by atoms with Gasteiger partial charge in [-0.2, -0.15) is 0 Å². The molecule has 1 saturated heterocycles. The van der Waals surface area contributed by atoms with Gasteiger partial charge in [-0.1, -0.05) is 42.5 Å². The first kappa shape index (κ1) is 16.6. The summed E-state index contributed by atoms with van der Waals surface area (Å²) in [6.07, 6.45) is 3.95. The summed E-state index contributed by atoms with van der Waals surface area (Å²) < 4.78 is 12.0. The summed E-state index contributed by atoms with van der Waals surface area (Å²) in [6, 6.07) is 18.8. The first-order chi connectivity index (χ1) is 12.4. The van der Waals surface area contributed by atoms with E-state index in [4.69, 9.17) is 9.47 Å². The SMILES string of the molecule is c1ccc(OCCN2CCC(C3Cc4ccccc4CO3)CC2)cc1. The minimum Gasteiger partial charge on any atom is -0.492 e. The van der Waals surface area contributed by atoms with Crippen LogP contribution < -0.4 is 4.74 Å². The number of piperidine rings is 1. The van der Waals surface area contributed by atoms with Gasteiger partial charge in [0, 0.05) is 6.54 Å². The van der Waals surface area contributed by atoms with Gasteiger partial charge in [0.1, 0.15) is 12.4 Å². The molecular weight excluding hydrogens is 310 g/mol. The Hall–Kier alpha value is -1.84. The Morgan fingerprint density at radius 1 is 0.920 bits per heavy atom. The lowest BCUT2D eigenvalue weighted by Crippen LogP contribution is -2.41. The second-order valence-corrected chi connectivity index (χ2v) is 7.16. The Labute approximate surface area is 150 Å². The Morgan fingerprint density at radius 3 is 2.44 bits per heavy atom. The molecule has 2 heterocycles. The molecule has 0 aromatic heterocycles. The van der Waals surface area contributed by atoms with E-state index in [1.807, 2.05) is 30.3 Å². The molecule has 0 saturated carbocycles. The molecule has 2 aromatic carbocycles. The fraction of sp³-hybridized carbons (Fsp3) is 0.455. The van der Waals surface area contributed by atoms with Crippen LogP contribution in [0.4, 0.5) is 0 Å². The summed E-state index contributed by atoms with van der Waals surface area (Å²) in [4.78, 5) is 2.52. The van der Waals surface area contributed by atoms with E-state index in [1.54, 1.807) is 0 Å². The standard InChI is InChI=1S/C22H27NO2/c1-2-8-21(9-3-1)24-15-14-23-12-10-18(11-13-23)22-16-19-6-4-5-7-20(19)17-25-22/h1-9,18,22H,10-17H2. The van der Waals surface area contributed by atoms with Gasteiger partial charge in [-0.05, 0) is 61.5 Å². The maximum Gasteiger partial charge on any atom is 0.119 e. The molecule has 0 radical (unpaired) electrons. The van der Waals surface area contributed by atoms with Crippen LogP contribution in [0, 0.1) is 5.92 Å². The molecule has 2 aliphatic rings. The van der Waals surface area contributed by atoms with E-state index < -0.39 is 0 Å². The van der Waals surface area contributed by atoms with Crippen LogP contribution in [0.2, 0.25) is 0 Å². The third-order valence-corrected chi connectivity index (χ3v) is 5.57. The van der Waals surface area contributed by atoms with Gasteiger partial charge >= 0.3 is 0 Å². The van der Waals surface area contributed by atoms with Crippen molar-refractivity contribution in [3.63, 3.8) is 0 Å². The molecule has 1 fully saturated rings. The second-order valence-electron chi connectivity index (χ2n) is 7.16. The van der Waals surface area contributed by atoms with Crippen molar-refractivity contribution in [2.75, 3.05) is 26.2 Å². The zero-order valence-corrected chi connectivity index (χ0v) is 14.8. The maximum absolute atomic E-state index is 6.17. The van der Waals surface area contributed by atoms with E-state index >= 15 is 0 Å². The number of hydrogen-bond acceptors (Lipinski definition) is 3. The van der Waals surface area contributed by atoms with Crippen molar-refractivity contribution in [1.29, 1.82) is 0 Å². The lowest BCUT2D eigenvalue weighted by molar-refractivity contribution is -0.0289. The second kappa shape index (κ2) is 8.03. The van der Waals surface area contributed by atoms with E-state index in [2.05, 4.69) is 29.2 Å². The van der Waals surface area contributed by atoms with Crippen molar-refractivity contribution in [3.8, 4) is 5.75 Å². The molecule has 3 nitrogen and oxygen atoms in total. The Balaban J connectivity index is 1.21. The highest BCUT2D eigenvalue weighted by atomic mass is 16.5. The summed E-state index contributed by atoms with van der Waals surface area (Å²) in [6.45, 7) is 4.87. The molecule has 0 spiro atoms. The molecular formula is C22H27NO2. The van der Waals surface area contributed by atoms with Crippen molar-refractivity contribution >= 4 is 0 Å². The van der Waals surface area contributed by atoms with E-state index in [0.717, 1.165) is 45.0 Å². The highest BCUT2D eigenvalue weighted by Gasteiger charge is 2.30. The van der Waals surface area contributed by atoms with Crippen molar-refractivity contribution in [2.24, 2.45) is 5.92 Å². The average Bonchev–Trinajstić information content (AvgIpc) is 2.69. The lowest BCUT2D eigenvalue weighted by Gasteiger charge is -2.37. The number of likely N-dealkylation sites (tertiary alicyclic amines) is 1. The van der Waals surface area contributed by atoms with Gasteiger partial charge in [0.25, 0.3) is 0 Å². The molecule has 1 unspecified atom stereocenters. The van der Waals surface area contributed by atoms with Crippen LogP contribution in [0.25, 0.3) is 0 Å². The van der Waals surface area contributed by atoms with Crippen molar-refractivity contribution < 1.29 is 9.47 Å². The number of para-hydroxylation sites is 1. The van der Waals surface area contributed by atoms with E-state index in [1.165, 1.54) is 24.0 Å². The van der Waals surface area contributed by atoms with E-state index in [9.17, 15) is 0 Å². The lowest BCUT2D eigenvalue weighted by atomic mass is 9.85. The van der Waals surface area contributed by atoms with Gasteiger partial charge in [-0.25, -0.2) is 0 Å². The molecule has 0 amide bonds. The molecule has 0 aliphatic carbocycles. The topological polar surface area (TPSA) is 21.7 Å². The van der Waals surface area contributed by atoms with Crippen LogP contribution in [-0.4, -0.2) is 37.2 Å². The summed E-state index contributed by atoms with van der Waals surface area (Å²) in [5.74, 6) is 1.66. The van der Waals surface area contributed by atoms with Crippen LogP contribution in [0.1, 0.15) is 24.0 Å². The van der Waals surface area contributed by atoms with Crippen LogP contribution >= 0.6 is 0 Å².